The summed E-state index contributed by atoms with van der Waals surface area (Å²) in [5.41, 5.74) is 2.20. The van der Waals surface area contributed by atoms with Gasteiger partial charge in [0.05, 0.1) is 0 Å². The lowest BCUT2D eigenvalue weighted by Crippen LogP contribution is -2.50. The van der Waals surface area contributed by atoms with Crippen molar-refractivity contribution in [3.05, 3.63) is 65.7 Å². The Morgan fingerprint density at radius 2 is 1.69 bits per heavy atom. The van der Waals surface area contributed by atoms with E-state index in [2.05, 4.69) is 5.32 Å². The van der Waals surface area contributed by atoms with Gasteiger partial charge in [-0.2, -0.15) is 0 Å². The van der Waals surface area contributed by atoms with Crippen molar-refractivity contribution < 1.29 is 9.59 Å². The molecule has 29 heavy (non-hydrogen) atoms. The number of aryl methyl sites for hydroxylation is 1. The predicted molar refractivity (Wildman–Crippen MR) is 121 cm³/mol. The SMILES string of the molecule is CC[C@H](C(=O)NC(C)C)N(Cc1ccccc1C)C(=O)CCSc1ccccc1. The van der Waals surface area contributed by atoms with Crippen LogP contribution in [0.25, 0.3) is 0 Å². The van der Waals surface area contributed by atoms with Crippen LogP contribution in [0.1, 0.15) is 44.7 Å². The average molecular weight is 413 g/mol. The van der Waals surface area contributed by atoms with Crippen molar-refractivity contribution in [1.29, 1.82) is 0 Å². The van der Waals surface area contributed by atoms with E-state index in [0.29, 0.717) is 25.1 Å². The smallest absolute Gasteiger partial charge is 0.243 e. The van der Waals surface area contributed by atoms with Gasteiger partial charge < -0.3 is 10.2 Å². The molecule has 0 bridgehead atoms. The quantitative estimate of drug-likeness (QED) is 0.570. The second-order valence-electron chi connectivity index (χ2n) is 7.45. The molecule has 4 nitrogen and oxygen atoms in total. The molecule has 0 aliphatic rings. The first kappa shape index (κ1) is 23.0. The molecule has 2 aromatic rings. The van der Waals surface area contributed by atoms with E-state index in [0.717, 1.165) is 16.0 Å². The highest BCUT2D eigenvalue weighted by atomic mass is 32.2. The zero-order valence-electron chi connectivity index (χ0n) is 17.9. The van der Waals surface area contributed by atoms with Crippen LogP contribution in [-0.4, -0.2) is 34.6 Å². The summed E-state index contributed by atoms with van der Waals surface area (Å²) >= 11 is 1.67. The normalized spacial score (nSPS) is 11.9. The van der Waals surface area contributed by atoms with Crippen molar-refractivity contribution in [1.82, 2.24) is 10.2 Å². The molecule has 0 unspecified atom stereocenters. The highest BCUT2D eigenvalue weighted by Gasteiger charge is 2.28. The van der Waals surface area contributed by atoms with Crippen molar-refractivity contribution in [3.8, 4) is 0 Å². The number of carbonyl (C=O) groups is 2. The molecule has 2 rings (SSSR count). The number of nitrogens with zero attached hydrogens (tertiary/aromatic N) is 1. The Kier molecular flexibility index (Phi) is 9.26. The van der Waals surface area contributed by atoms with Gasteiger partial charge in [0.25, 0.3) is 0 Å². The second kappa shape index (κ2) is 11.7. The predicted octanol–water partition coefficient (Wildman–Crippen LogP) is 4.81. The Hall–Kier alpha value is -2.27. The van der Waals surface area contributed by atoms with E-state index in [1.807, 2.05) is 82.3 Å². The van der Waals surface area contributed by atoms with E-state index in [4.69, 9.17) is 0 Å². The first-order valence-corrected chi connectivity index (χ1v) is 11.2. The maximum Gasteiger partial charge on any atom is 0.243 e. The highest BCUT2D eigenvalue weighted by Crippen LogP contribution is 2.21. The number of carbonyl (C=O) groups excluding carboxylic acids is 2. The van der Waals surface area contributed by atoms with Crippen LogP contribution in [0.3, 0.4) is 0 Å². The van der Waals surface area contributed by atoms with Crippen LogP contribution in [0.5, 0.6) is 0 Å². The van der Waals surface area contributed by atoms with Crippen LogP contribution in [-0.2, 0) is 16.1 Å². The summed E-state index contributed by atoms with van der Waals surface area (Å²) in [4.78, 5) is 28.9. The summed E-state index contributed by atoms with van der Waals surface area (Å²) < 4.78 is 0. The molecule has 2 aromatic carbocycles. The second-order valence-corrected chi connectivity index (χ2v) is 8.62. The summed E-state index contributed by atoms with van der Waals surface area (Å²) in [6.45, 7) is 8.33. The Labute approximate surface area is 179 Å². The van der Waals surface area contributed by atoms with Gasteiger partial charge in [-0.3, -0.25) is 9.59 Å². The molecule has 5 heteroatoms. The highest BCUT2D eigenvalue weighted by molar-refractivity contribution is 7.99. The molecule has 0 saturated heterocycles. The third kappa shape index (κ3) is 7.24. The van der Waals surface area contributed by atoms with Crippen molar-refractivity contribution in [2.75, 3.05) is 5.75 Å². The molecule has 156 valence electrons. The number of thioether (sulfide) groups is 1. The minimum atomic E-state index is -0.466. The molecule has 1 atom stereocenters. The molecular weight excluding hydrogens is 380 g/mol. The largest absolute Gasteiger partial charge is 0.352 e. The number of amides is 2. The van der Waals surface area contributed by atoms with Crippen molar-refractivity contribution in [2.45, 2.75) is 64.1 Å². The summed E-state index contributed by atoms with van der Waals surface area (Å²) in [6, 6.07) is 17.7. The van der Waals surface area contributed by atoms with Gasteiger partial charge in [-0.1, -0.05) is 49.4 Å². The molecule has 0 heterocycles. The fourth-order valence-corrected chi connectivity index (χ4v) is 4.05. The van der Waals surface area contributed by atoms with E-state index in [-0.39, 0.29) is 17.9 Å². The topological polar surface area (TPSA) is 49.4 Å². The maximum absolute atomic E-state index is 13.2. The Morgan fingerprint density at radius 3 is 2.31 bits per heavy atom. The lowest BCUT2D eigenvalue weighted by molar-refractivity contribution is -0.141. The Morgan fingerprint density at radius 1 is 1.03 bits per heavy atom. The fourth-order valence-electron chi connectivity index (χ4n) is 3.19. The van der Waals surface area contributed by atoms with Gasteiger partial charge in [0.2, 0.25) is 11.8 Å². The van der Waals surface area contributed by atoms with Gasteiger partial charge in [-0.05, 0) is 50.5 Å². The summed E-state index contributed by atoms with van der Waals surface area (Å²) in [5, 5.41) is 2.97. The molecule has 0 aromatic heterocycles. The standard InChI is InChI=1S/C24H32N2O2S/c1-5-22(24(28)25-18(2)3)26(17-20-12-10-9-11-19(20)4)23(27)15-16-29-21-13-7-6-8-14-21/h6-14,18,22H,5,15-17H2,1-4H3,(H,25,28)/t22-/m1/s1. The molecule has 2 amide bonds. The third-order valence-electron chi connectivity index (χ3n) is 4.75. The summed E-state index contributed by atoms with van der Waals surface area (Å²) in [5.74, 6) is 0.623. The molecule has 0 aliphatic carbocycles. The van der Waals surface area contributed by atoms with Gasteiger partial charge in [0.1, 0.15) is 6.04 Å². The number of rotatable bonds is 10. The molecule has 0 saturated carbocycles. The third-order valence-corrected chi connectivity index (χ3v) is 5.76. The molecule has 0 spiro atoms. The van der Waals surface area contributed by atoms with E-state index >= 15 is 0 Å². The zero-order valence-corrected chi connectivity index (χ0v) is 18.7. The number of nitrogens with one attached hydrogen (secondary N) is 1. The van der Waals surface area contributed by atoms with Crippen molar-refractivity contribution in [3.63, 3.8) is 0 Å². The van der Waals surface area contributed by atoms with Gasteiger partial charge in [-0.25, -0.2) is 0 Å². The minimum Gasteiger partial charge on any atom is -0.352 e. The van der Waals surface area contributed by atoms with Crippen LogP contribution in [0.15, 0.2) is 59.5 Å². The van der Waals surface area contributed by atoms with Gasteiger partial charge in [0.15, 0.2) is 0 Å². The monoisotopic (exact) mass is 412 g/mol. The van der Waals surface area contributed by atoms with Crippen LogP contribution in [0.2, 0.25) is 0 Å². The molecular formula is C24H32N2O2S. The first-order valence-electron chi connectivity index (χ1n) is 10.2. The van der Waals surface area contributed by atoms with Crippen molar-refractivity contribution in [2.24, 2.45) is 0 Å². The number of benzene rings is 2. The fraction of sp³-hybridized carbons (Fsp3) is 0.417. The Bertz CT molecular complexity index is 792. The number of hydrogen-bond donors (Lipinski definition) is 1. The average Bonchev–Trinajstić information content (AvgIpc) is 2.69. The lowest BCUT2D eigenvalue weighted by atomic mass is 10.1. The molecule has 0 fully saturated rings. The van der Waals surface area contributed by atoms with Gasteiger partial charge in [-0.15, -0.1) is 11.8 Å². The summed E-state index contributed by atoms with van der Waals surface area (Å²) in [6.07, 6.45) is 0.985. The van der Waals surface area contributed by atoms with Crippen LogP contribution in [0.4, 0.5) is 0 Å². The van der Waals surface area contributed by atoms with Crippen LogP contribution < -0.4 is 5.32 Å². The molecule has 0 radical (unpaired) electrons. The van der Waals surface area contributed by atoms with Crippen LogP contribution in [0, 0.1) is 6.92 Å². The Balaban J connectivity index is 2.14. The molecule has 1 N–H and O–H groups in total. The maximum atomic E-state index is 13.2. The van der Waals surface area contributed by atoms with Gasteiger partial charge >= 0.3 is 0 Å². The van der Waals surface area contributed by atoms with E-state index < -0.39 is 6.04 Å². The van der Waals surface area contributed by atoms with E-state index in [1.165, 1.54) is 0 Å². The van der Waals surface area contributed by atoms with Gasteiger partial charge in [0, 0.05) is 29.7 Å². The lowest BCUT2D eigenvalue weighted by Gasteiger charge is -2.31. The summed E-state index contributed by atoms with van der Waals surface area (Å²) in [7, 11) is 0. The van der Waals surface area contributed by atoms with E-state index in [9.17, 15) is 9.59 Å². The first-order chi connectivity index (χ1) is 13.9. The minimum absolute atomic E-state index is 0.0161. The zero-order chi connectivity index (χ0) is 21.2. The van der Waals surface area contributed by atoms with E-state index in [1.54, 1.807) is 16.7 Å². The number of hydrogen-bond acceptors (Lipinski definition) is 3. The van der Waals surface area contributed by atoms with Crippen molar-refractivity contribution >= 4 is 23.6 Å². The molecule has 0 aliphatic heterocycles. The van der Waals surface area contributed by atoms with Crippen LogP contribution >= 0.6 is 11.8 Å².